The third-order valence-electron chi connectivity index (χ3n) is 4.93. The average molecular weight is 409 g/mol. The summed E-state index contributed by atoms with van der Waals surface area (Å²) in [7, 11) is 1.63. The fraction of sp³-hybridized carbons (Fsp3) is 0.0800. The van der Waals surface area contributed by atoms with Gasteiger partial charge in [0.2, 0.25) is 11.4 Å². The van der Waals surface area contributed by atoms with Gasteiger partial charge in [-0.15, -0.1) is 0 Å². The van der Waals surface area contributed by atoms with Crippen molar-refractivity contribution in [3.05, 3.63) is 90.0 Å². The van der Waals surface area contributed by atoms with E-state index in [9.17, 15) is 0 Å². The molecule has 31 heavy (non-hydrogen) atoms. The Bertz CT molecular complexity index is 1420. The van der Waals surface area contributed by atoms with E-state index in [-0.39, 0.29) is 0 Å². The first-order valence-corrected chi connectivity index (χ1v) is 9.82. The van der Waals surface area contributed by atoms with Crippen LogP contribution in [-0.4, -0.2) is 17.3 Å². The summed E-state index contributed by atoms with van der Waals surface area (Å²) in [4.78, 5) is 9.29. The Balaban J connectivity index is 1.65. The molecule has 0 fully saturated rings. The monoisotopic (exact) mass is 409 g/mol. The van der Waals surface area contributed by atoms with Crippen LogP contribution in [0.5, 0.6) is 5.75 Å². The van der Waals surface area contributed by atoms with Crippen LogP contribution in [0.15, 0.2) is 92.8 Å². The quantitative estimate of drug-likeness (QED) is 0.381. The second-order valence-corrected chi connectivity index (χ2v) is 7.10. The predicted molar refractivity (Wildman–Crippen MR) is 118 cm³/mol. The number of methoxy groups -OCH3 is 1. The van der Waals surface area contributed by atoms with E-state index >= 15 is 0 Å². The van der Waals surface area contributed by atoms with Gasteiger partial charge in [0.15, 0.2) is 0 Å². The predicted octanol–water partition coefficient (Wildman–Crippen LogP) is 5.70. The molecular formula is C25H19N3O3. The molecule has 2 aromatic heterocycles. The molecule has 0 unspecified atom stereocenters. The Hall–Kier alpha value is -4.19. The second kappa shape index (κ2) is 7.91. The third kappa shape index (κ3) is 3.83. The van der Waals surface area contributed by atoms with E-state index in [1.54, 1.807) is 7.11 Å². The molecule has 6 heteroatoms. The number of hydrogen-bond donors (Lipinski definition) is 0. The van der Waals surface area contributed by atoms with E-state index < -0.39 is 0 Å². The number of benzene rings is 3. The lowest BCUT2D eigenvalue weighted by Gasteiger charge is -2.02. The van der Waals surface area contributed by atoms with Crippen LogP contribution < -0.4 is 10.3 Å². The first kappa shape index (κ1) is 18.8. The molecule has 152 valence electrons. The molecule has 0 aliphatic rings. The largest absolute Gasteiger partial charge is 0.497 e. The van der Waals surface area contributed by atoms with Gasteiger partial charge >= 0.3 is 0 Å². The van der Waals surface area contributed by atoms with E-state index in [0.717, 1.165) is 33.5 Å². The minimum absolute atomic E-state index is 0.339. The lowest BCUT2D eigenvalue weighted by Crippen LogP contribution is -2.05. The van der Waals surface area contributed by atoms with Crippen molar-refractivity contribution in [2.45, 2.75) is 6.92 Å². The Morgan fingerprint density at radius 3 is 2.45 bits per heavy atom. The molecule has 5 aromatic rings. The first-order chi connectivity index (χ1) is 15.2. The summed E-state index contributed by atoms with van der Waals surface area (Å²) in [6, 6.07) is 25.1. The van der Waals surface area contributed by atoms with Crippen molar-refractivity contribution in [2.24, 2.45) is 4.99 Å². The highest BCUT2D eigenvalue weighted by atomic mass is 16.5. The highest BCUT2D eigenvalue weighted by Crippen LogP contribution is 2.25. The van der Waals surface area contributed by atoms with Gasteiger partial charge in [-0.2, -0.15) is 4.98 Å². The second-order valence-electron chi connectivity index (χ2n) is 7.10. The van der Waals surface area contributed by atoms with Crippen LogP contribution in [0.3, 0.4) is 0 Å². The molecule has 0 radical (unpaired) electrons. The van der Waals surface area contributed by atoms with Crippen LogP contribution in [-0.2, 0) is 0 Å². The van der Waals surface area contributed by atoms with Crippen molar-refractivity contribution >= 4 is 16.7 Å². The number of fused-ring (bicyclic) bond motifs is 1. The van der Waals surface area contributed by atoms with E-state index in [0.29, 0.717) is 22.8 Å². The number of hydrogen-bond acceptors (Lipinski definition) is 6. The summed E-state index contributed by atoms with van der Waals surface area (Å²) in [5.74, 6) is 1.58. The maximum absolute atomic E-state index is 6.12. The smallest absolute Gasteiger partial charge is 0.263 e. The molecule has 0 N–H and O–H groups in total. The molecule has 6 nitrogen and oxygen atoms in total. The molecule has 0 atom stereocenters. The molecule has 0 saturated heterocycles. The Morgan fingerprint density at radius 2 is 1.68 bits per heavy atom. The van der Waals surface area contributed by atoms with Crippen LogP contribution in [0, 0.1) is 6.92 Å². The molecule has 0 saturated carbocycles. The van der Waals surface area contributed by atoms with Crippen molar-refractivity contribution in [1.82, 2.24) is 10.1 Å². The van der Waals surface area contributed by atoms with Crippen LogP contribution in [0.2, 0.25) is 0 Å². The number of para-hydroxylation sites is 1. The van der Waals surface area contributed by atoms with Crippen LogP contribution in [0.1, 0.15) is 5.56 Å². The van der Waals surface area contributed by atoms with Gasteiger partial charge in [0.25, 0.3) is 5.89 Å². The van der Waals surface area contributed by atoms with E-state index in [2.05, 4.69) is 10.1 Å². The molecule has 0 amide bonds. The minimum Gasteiger partial charge on any atom is -0.497 e. The molecule has 0 spiro atoms. The Morgan fingerprint density at radius 1 is 0.903 bits per heavy atom. The first-order valence-electron chi connectivity index (χ1n) is 9.82. The molecule has 0 aliphatic heterocycles. The lowest BCUT2D eigenvalue weighted by molar-refractivity contribution is 0.414. The van der Waals surface area contributed by atoms with E-state index in [1.807, 2.05) is 85.8 Å². The van der Waals surface area contributed by atoms with Gasteiger partial charge in [0, 0.05) is 10.9 Å². The number of ether oxygens (including phenoxy) is 1. The fourth-order valence-corrected chi connectivity index (χ4v) is 3.23. The molecule has 2 heterocycles. The van der Waals surface area contributed by atoms with E-state index in [4.69, 9.17) is 18.7 Å². The summed E-state index contributed by atoms with van der Waals surface area (Å²) in [5.41, 5.74) is 4.54. The van der Waals surface area contributed by atoms with Crippen molar-refractivity contribution < 1.29 is 13.7 Å². The zero-order chi connectivity index (χ0) is 21.2. The van der Waals surface area contributed by atoms with E-state index in [1.165, 1.54) is 0 Å². The number of aromatic nitrogens is 2. The zero-order valence-electron chi connectivity index (χ0n) is 17.1. The summed E-state index contributed by atoms with van der Waals surface area (Å²) in [6.45, 7) is 2.04. The number of nitrogens with zero attached hydrogens (tertiary/aromatic N) is 3. The van der Waals surface area contributed by atoms with Gasteiger partial charge in [0.1, 0.15) is 16.9 Å². The lowest BCUT2D eigenvalue weighted by atomic mass is 10.1. The summed E-state index contributed by atoms with van der Waals surface area (Å²) in [6.07, 6.45) is 0. The van der Waals surface area contributed by atoms with Gasteiger partial charge in [0.05, 0.1) is 12.8 Å². The maximum atomic E-state index is 6.12. The molecule has 5 rings (SSSR count). The number of aryl methyl sites for hydroxylation is 1. The zero-order valence-corrected chi connectivity index (χ0v) is 17.1. The summed E-state index contributed by atoms with van der Waals surface area (Å²) >= 11 is 0. The van der Waals surface area contributed by atoms with Crippen LogP contribution in [0.25, 0.3) is 33.8 Å². The van der Waals surface area contributed by atoms with Crippen LogP contribution in [0.4, 0.5) is 5.69 Å². The summed E-state index contributed by atoms with van der Waals surface area (Å²) < 4.78 is 16.9. The Labute approximate surface area is 178 Å². The molecule has 0 aliphatic carbocycles. The third-order valence-corrected chi connectivity index (χ3v) is 4.93. The molecular weight excluding hydrogens is 390 g/mol. The standard InChI is InChI=1S/C25H19N3O3/c1-16-7-11-19(12-8-16)26-24-21(15-18-5-3-4-6-22(18)30-24)25-27-23(28-31-25)17-9-13-20(29-2)14-10-17/h3-15H,1-2H3. The van der Waals surface area contributed by atoms with Gasteiger partial charge < -0.3 is 13.7 Å². The topological polar surface area (TPSA) is 73.7 Å². The Kier molecular flexibility index (Phi) is 4.80. The average Bonchev–Trinajstić information content (AvgIpc) is 3.30. The minimum atomic E-state index is 0.339. The normalized spacial score (nSPS) is 11.7. The number of rotatable bonds is 4. The molecule has 0 bridgehead atoms. The van der Waals surface area contributed by atoms with Gasteiger partial charge in [-0.3, -0.25) is 0 Å². The van der Waals surface area contributed by atoms with Gasteiger partial charge in [-0.1, -0.05) is 41.1 Å². The highest BCUT2D eigenvalue weighted by Gasteiger charge is 2.15. The van der Waals surface area contributed by atoms with Gasteiger partial charge in [-0.25, -0.2) is 4.99 Å². The fourth-order valence-electron chi connectivity index (χ4n) is 3.23. The maximum Gasteiger partial charge on any atom is 0.263 e. The highest BCUT2D eigenvalue weighted by molar-refractivity contribution is 5.80. The van der Waals surface area contributed by atoms with Crippen molar-refractivity contribution in [2.75, 3.05) is 7.11 Å². The summed E-state index contributed by atoms with van der Waals surface area (Å²) in [5, 5.41) is 5.07. The van der Waals surface area contributed by atoms with Crippen LogP contribution >= 0.6 is 0 Å². The SMILES string of the molecule is COc1ccc(-c2noc(-c3cc4ccccc4oc3=Nc3ccc(C)cc3)n2)cc1. The van der Waals surface area contributed by atoms with Crippen molar-refractivity contribution in [1.29, 1.82) is 0 Å². The molecule has 3 aromatic carbocycles. The van der Waals surface area contributed by atoms with Crippen molar-refractivity contribution in [3.63, 3.8) is 0 Å². The van der Waals surface area contributed by atoms with Crippen molar-refractivity contribution in [3.8, 4) is 28.6 Å². The van der Waals surface area contributed by atoms with Gasteiger partial charge in [-0.05, 0) is 55.5 Å².